The maximum atomic E-state index is 12.1. The van der Waals surface area contributed by atoms with Gasteiger partial charge in [-0.1, -0.05) is 0 Å². The first-order chi connectivity index (χ1) is 17.5. The molecule has 0 amide bonds. The van der Waals surface area contributed by atoms with E-state index < -0.39 is 11.0 Å². The fourth-order valence-electron chi connectivity index (χ4n) is 4.38. The van der Waals surface area contributed by atoms with Gasteiger partial charge in [0, 0.05) is 68.6 Å². The van der Waals surface area contributed by atoms with Gasteiger partial charge in [-0.15, -0.1) is 0 Å². The standard InChI is InChI=1S/C26H28N8OS/c1-32(36(2)35)24-8-3-19(16-27)15-21(24)18-34-12-9-20-17-29-26(31-25(20)34)30-22-4-6-23(7-5-22)33-13-10-28-11-14-33/h3-9,12,15,17,28H,10-11,13-14,18H2,1-2H3,(H,29,30,31). The fourth-order valence-corrected chi connectivity index (χ4v) is 4.83. The number of rotatable bonds is 7. The van der Waals surface area contributed by atoms with Crippen molar-refractivity contribution in [1.29, 1.82) is 5.26 Å². The van der Waals surface area contributed by atoms with E-state index in [1.54, 1.807) is 29.9 Å². The summed E-state index contributed by atoms with van der Waals surface area (Å²) in [6.45, 7) is 4.50. The Morgan fingerprint density at radius 2 is 1.94 bits per heavy atom. The molecule has 0 spiro atoms. The molecule has 2 aromatic heterocycles. The third-order valence-corrected chi connectivity index (χ3v) is 7.35. The number of benzene rings is 2. The molecule has 5 rings (SSSR count). The van der Waals surface area contributed by atoms with Crippen molar-refractivity contribution in [3.63, 3.8) is 0 Å². The first kappa shape index (κ1) is 23.8. The smallest absolute Gasteiger partial charge is 0.229 e. The minimum absolute atomic E-state index is 0.478. The van der Waals surface area contributed by atoms with Crippen LogP contribution in [0.5, 0.6) is 0 Å². The van der Waals surface area contributed by atoms with E-state index in [-0.39, 0.29) is 0 Å². The van der Waals surface area contributed by atoms with Gasteiger partial charge < -0.3 is 20.1 Å². The minimum Gasteiger partial charge on any atom is -0.369 e. The molecule has 9 nitrogen and oxygen atoms in total. The van der Waals surface area contributed by atoms with Crippen molar-refractivity contribution in [1.82, 2.24) is 19.9 Å². The highest BCUT2D eigenvalue weighted by atomic mass is 32.2. The molecular formula is C26H28N8OS. The number of nitrogens with zero attached hydrogens (tertiary/aromatic N) is 6. The molecule has 1 aliphatic rings. The van der Waals surface area contributed by atoms with Crippen molar-refractivity contribution in [2.45, 2.75) is 6.54 Å². The van der Waals surface area contributed by atoms with E-state index in [0.717, 1.165) is 54.2 Å². The van der Waals surface area contributed by atoms with E-state index in [2.05, 4.69) is 38.7 Å². The van der Waals surface area contributed by atoms with Crippen LogP contribution in [0.25, 0.3) is 11.0 Å². The minimum atomic E-state index is -1.19. The molecular weight excluding hydrogens is 472 g/mol. The first-order valence-corrected chi connectivity index (χ1v) is 13.3. The predicted molar refractivity (Wildman–Crippen MR) is 145 cm³/mol. The molecule has 1 atom stereocenters. The zero-order chi connectivity index (χ0) is 25.1. The number of hydrogen-bond acceptors (Lipinski definition) is 7. The molecule has 0 bridgehead atoms. The fraction of sp³-hybridized carbons (Fsp3) is 0.269. The van der Waals surface area contributed by atoms with Crippen molar-refractivity contribution in [3.05, 3.63) is 72.1 Å². The highest BCUT2D eigenvalue weighted by Crippen LogP contribution is 2.26. The molecule has 1 saturated heterocycles. The normalized spacial score (nSPS) is 14.4. The van der Waals surface area contributed by atoms with E-state index in [0.29, 0.717) is 18.1 Å². The highest BCUT2D eigenvalue weighted by Gasteiger charge is 2.14. The lowest BCUT2D eigenvalue weighted by Crippen LogP contribution is -2.43. The summed E-state index contributed by atoms with van der Waals surface area (Å²) in [5.41, 5.74) is 5.16. The number of aromatic nitrogens is 3. The number of nitriles is 1. The van der Waals surface area contributed by atoms with Crippen LogP contribution in [-0.4, -0.2) is 58.2 Å². The van der Waals surface area contributed by atoms with E-state index in [9.17, 15) is 9.47 Å². The molecule has 3 heterocycles. The monoisotopic (exact) mass is 500 g/mol. The molecule has 1 aliphatic heterocycles. The van der Waals surface area contributed by atoms with Crippen molar-refractivity contribution < 1.29 is 4.21 Å². The van der Waals surface area contributed by atoms with Crippen molar-refractivity contribution in [2.75, 3.05) is 54.0 Å². The van der Waals surface area contributed by atoms with Gasteiger partial charge in [0.2, 0.25) is 5.95 Å². The number of hydrogen-bond donors (Lipinski definition) is 2. The molecule has 1 unspecified atom stereocenters. The van der Waals surface area contributed by atoms with Crippen molar-refractivity contribution in [2.24, 2.45) is 0 Å². The van der Waals surface area contributed by atoms with E-state index >= 15 is 0 Å². The van der Waals surface area contributed by atoms with Crippen LogP contribution in [-0.2, 0) is 17.5 Å². The Morgan fingerprint density at radius 3 is 2.67 bits per heavy atom. The van der Waals surface area contributed by atoms with Gasteiger partial charge in [0.1, 0.15) is 16.6 Å². The van der Waals surface area contributed by atoms with Crippen LogP contribution in [0.1, 0.15) is 11.1 Å². The SMILES string of the molecule is CN(c1ccc(C#N)cc1Cn1ccc2cnc(Nc3ccc(N4CCNCC4)cc3)nc21)S(C)=O. The average Bonchev–Trinajstić information content (AvgIpc) is 3.31. The molecule has 4 aromatic rings. The number of piperazine rings is 1. The Morgan fingerprint density at radius 1 is 1.17 bits per heavy atom. The van der Waals surface area contributed by atoms with Crippen molar-refractivity contribution >= 4 is 45.0 Å². The van der Waals surface area contributed by atoms with Gasteiger partial charge in [-0.05, 0) is 54.1 Å². The Balaban J connectivity index is 1.39. The predicted octanol–water partition coefficient (Wildman–Crippen LogP) is 3.23. The number of anilines is 4. The van der Waals surface area contributed by atoms with Gasteiger partial charge >= 0.3 is 0 Å². The molecule has 0 radical (unpaired) electrons. The maximum absolute atomic E-state index is 12.1. The summed E-state index contributed by atoms with van der Waals surface area (Å²) in [6, 6.07) is 17.9. The van der Waals surface area contributed by atoms with Gasteiger partial charge in [0.15, 0.2) is 0 Å². The molecule has 184 valence electrons. The molecule has 0 aliphatic carbocycles. The summed E-state index contributed by atoms with van der Waals surface area (Å²) in [6.07, 6.45) is 5.39. The Bertz CT molecular complexity index is 1440. The molecule has 36 heavy (non-hydrogen) atoms. The Labute approximate surface area is 213 Å². The summed E-state index contributed by atoms with van der Waals surface area (Å²) < 4.78 is 15.8. The van der Waals surface area contributed by atoms with E-state index in [4.69, 9.17) is 4.98 Å². The summed E-state index contributed by atoms with van der Waals surface area (Å²) in [7, 11) is 0.598. The number of fused-ring (bicyclic) bond motifs is 1. The van der Waals surface area contributed by atoms with Crippen LogP contribution in [0.2, 0.25) is 0 Å². The van der Waals surface area contributed by atoms with Gasteiger partial charge in [-0.2, -0.15) is 10.2 Å². The van der Waals surface area contributed by atoms with Gasteiger partial charge in [-0.25, -0.2) is 9.19 Å². The molecule has 0 saturated carbocycles. The molecule has 2 N–H and O–H groups in total. The maximum Gasteiger partial charge on any atom is 0.229 e. The second kappa shape index (κ2) is 10.4. The van der Waals surface area contributed by atoms with Crippen LogP contribution in [0.3, 0.4) is 0 Å². The lowest BCUT2D eigenvalue weighted by atomic mass is 10.1. The van der Waals surface area contributed by atoms with E-state index in [1.807, 2.05) is 41.1 Å². The second-order valence-electron chi connectivity index (χ2n) is 8.70. The average molecular weight is 501 g/mol. The summed E-state index contributed by atoms with van der Waals surface area (Å²) in [5.74, 6) is 0.509. The van der Waals surface area contributed by atoms with Gasteiger partial charge in [0.25, 0.3) is 0 Å². The van der Waals surface area contributed by atoms with E-state index in [1.165, 1.54) is 5.69 Å². The second-order valence-corrected chi connectivity index (χ2v) is 10.1. The van der Waals surface area contributed by atoms with Crippen LogP contribution in [0.4, 0.5) is 23.0 Å². The molecule has 1 fully saturated rings. The molecule has 2 aromatic carbocycles. The largest absolute Gasteiger partial charge is 0.369 e. The van der Waals surface area contributed by atoms with Crippen LogP contribution < -0.4 is 19.8 Å². The Kier molecular flexibility index (Phi) is 6.84. The van der Waals surface area contributed by atoms with Gasteiger partial charge in [0.05, 0.1) is 23.9 Å². The summed E-state index contributed by atoms with van der Waals surface area (Å²) in [5, 5.41) is 17.0. The number of nitrogens with one attached hydrogen (secondary N) is 2. The quantitative estimate of drug-likeness (QED) is 0.402. The summed E-state index contributed by atoms with van der Waals surface area (Å²) in [4.78, 5) is 11.6. The lowest BCUT2D eigenvalue weighted by molar-refractivity contribution is 0.589. The lowest BCUT2D eigenvalue weighted by Gasteiger charge is -2.29. The van der Waals surface area contributed by atoms with Crippen molar-refractivity contribution in [3.8, 4) is 6.07 Å². The van der Waals surface area contributed by atoms with Crippen LogP contribution in [0.15, 0.2) is 60.9 Å². The highest BCUT2D eigenvalue weighted by molar-refractivity contribution is 7.85. The van der Waals surface area contributed by atoms with Crippen LogP contribution >= 0.6 is 0 Å². The van der Waals surface area contributed by atoms with Crippen LogP contribution in [0, 0.1) is 11.3 Å². The summed E-state index contributed by atoms with van der Waals surface area (Å²) >= 11 is 0. The Hall–Kier alpha value is -3.94. The zero-order valence-electron chi connectivity index (χ0n) is 20.3. The molecule has 10 heteroatoms. The topological polar surface area (TPSA) is 102 Å². The zero-order valence-corrected chi connectivity index (χ0v) is 21.1. The third kappa shape index (κ3) is 5.03. The van der Waals surface area contributed by atoms with Gasteiger partial charge in [-0.3, -0.25) is 4.31 Å². The first-order valence-electron chi connectivity index (χ1n) is 11.8. The third-order valence-electron chi connectivity index (χ3n) is 6.38.